The molecule has 0 saturated heterocycles. The second-order valence-electron chi connectivity index (χ2n) is 3.89. The van der Waals surface area contributed by atoms with Crippen LogP contribution in [0.1, 0.15) is 16.7 Å². The monoisotopic (exact) mass is 250 g/mol. The zero-order valence-electron chi connectivity index (χ0n) is 9.00. The lowest BCUT2D eigenvalue weighted by Crippen LogP contribution is -1.88. The quantitative estimate of drug-likeness (QED) is 0.712. The molecule has 0 N–H and O–H groups in total. The van der Waals surface area contributed by atoms with Crippen molar-refractivity contribution in [2.75, 3.05) is 0 Å². The summed E-state index contributed by atoms with van der Waals surface area (Å²) in [6.07, 6.45) is 0.886. The Morgan fingerprint density at radius 2 is 1.50 bits per heavy atom. The highest BCUT2D eigenvalue weighted by Crippen LogP contribution is 2.19. The third-order valence-electron chi connectivity index (χ3n) is 2.56. The van der Waals surface area contributed by atoms with Crippen LogP contribution in [0.5, 0.6) is 0 Å². The molecule has 2 aromatic carbocycles. The Labute approximate surface area is 106 Å². The van der Waals surface area contributed by atoms with E-state index in [1.54, 1.807) is 0 Å². The molecule has 0 heterocycles. The predicted molar refractivity (Wildman–Crippen MR) is 70.4 cm³/mol. The summed E-state index contributed by atoms with van der Waals surface area (Å²) in [5, 5.41) is 1.59. The number of aryl methyl sites for hydroxylation is 1. The van der Waals surface area contributed by atoms with Crippen LogP contribution in [0.15, 0.2) is 42.5 Å². The molecule has 0 saturated carbocycles. The number of hydrogen-bond donors (Lipinski definition) is 0. The van der Waals surface area contributed by atoms with Gasteiger partial charge in [-0.3, -0.25) is 0 Å². The summed E-state index contributed by atoms with van der Waals surface area (Å²) in [6, 6.07) is 14.1. The van der Waals surface area contributed by atoms with Crippen molar-refractivity contribution < 1.29 is 0 Å². The number of benzene rings is 2. The van der Waals surface area contributed by atoms with Crippen LogP contribution in [0.3, 0.4) is 0 Å². The molecule has 0 aromatic heterocycles. The van der Waals surface area contributed by atoms with Crippen molar-refractivity contribution >= 4 is 23.2 Å². The highest BCUT2D eigenvalue weighted by Gasteiger charge is 1.99. The average molecular weight is 251 g/mol. The minimum absolute atomic E-state index is 0.769. The van der Waals surface area contributed by atoms with Crippen LogP contribution in [0.2, 0.25) is 10.0 Å². The SMILES string of the molecule is Cc1ccc(Cc2ccc(Cl)cc2)cc1Cl. The van der Waals surface area contributed by atoms with Gasteiger partial charge in [-0.2, -0.15) is 0 Å². The summed E-state index contributed by atoms with van der Waals surface area (Å²) in [5.41, 5.74) is 3.57. The lowest BCUT2D eigenvalue weighted by Gasteiger charge is -2.04. The van der Waals surface area contributed by atoms with E-state index in [0.29, 0.717) is 0 Å². The number of hydrogen-bond acceptors (Lipinski definition) is 0. The van der Waals surface area contributed by atoms with E-state index in [0.717, 1.165) is 22.0 Å². The van der Waals surface area contributed by atoms with Crippen molar-refractivity contribution in [2.45, 2.75) is 13.3 Å². The summed E-state index contributed by atoms with van der Waals surface area (Å²) >= 11 is 11.9. The van der Waals surface area contributed by atoms with Gasteiger partial charge < -0.3 is 0 Å². The summed E-state index contributed by atoms with van der Waals surface area (Å²) in [6.45, 7) is 2.01. The molecule has 2 heteroatoms. The van der Waals surface area contributed by atoms with E-state index >= 15 is 0 Å². The van der Waals surface area contributed by atoms with Crippen molar-refractivity contribution in [2.24, 2.45) is 0 Å². The second-order valence-corrected chi connectivity index (χ2v) is 4.73. The normalized spacial score (nSPS) is 10.4. The van der Waals surface area contributed by atoms with Gasteiger partial charge in [-0.05, 0) is 48.2 Å². The number of rotatable bonds is 2. The molecule has 0 nitrogen and oxygen atoms in total. The Morgan fingerprint density at radius 3 is 2.12 bits per heavy atom. The third kappa shape index (κ3) is 2.78. The topological polar surface area (TPSA) is 0 Å². The lowest BCUT2D eigenvalue weighted by atomic mass is 10.0. The zero-order valence-corrected chi connectivity index (χ0v) is 10.5. The Bertz CT molecular complexity index is 487. The third-order valence-corrected chi connectivity index (χ3v) is 3.22. The number of halogens is 2. The maximum atomic E-state index is 6.08. The Hall–Kier alpha value is -0.980. The molecule has 0 aliphatic heterocycles. The summed E-state index contributed by atoms with van der Waals surface area (Å²) in [7, 11) is 0. The molecule has 0 aliphatic rings. The Morgan fingerprint density at radius 1 is 0.875 bits per heavy atom. The maximum absolute atomic E-state index is 6.08. The standard InChI is InChI=1S/C14H12Cl2/c1-10-2-3-12(9-14(10)16)8-11-4-6-13(15)7-5-11/h2-7,9H,8H2,1H3. The van der Waals surface area contributed by atoms with Crippen LogP contribution in [-0.2, 0) is 6.42 Å². The Kier molecular flexibility index (Phi) is 3.52. The molecular weight excluding hydrogens is 239 g/mol. The van der Waals surface area contributed by atoms with Gasteiger partial charge in [0.25, 0.3) is 0 Å². The first-order valence-corrected chi connectivity index (χ1v) is 5.90. The smallest absolute Gasteiger partial charge is 0.0438 e. The molecule has 0 radical (unpaired) electrons. The van der Waals surface area contributed by atoms with E-state index in [-0.39, 0.29) is 0 Å². The van der Waals surface area contributed by atoms with Gasteiger partial charge in [-0.15, -0.1) is 0 Å². The first-order valence-electron chi connectivity index (χ1n) is 5.14. The van der Waals surface area contributed by atoms with Crippen LogP contribution in [-0.4, -0.2) is 0 Å². The predicted octanol–water partition coefficient (Wildman–Crippen LogP) is 4.89. The first kappa shape index (κ1) is 11.5. The molecule has 0 fully saturated rings. The van der Waals surface area contributed by atoms with E-state index in [4.69, 9.17) is 23.2 Å². The summed E-state index contributed by atoms with van der Waals surface area (Å²) in [5.74, 6) is 0. The summed E-state index contributed by atoms with van der Waals surface area (Å²) < 4.78 is 0. The molecule has 0 aliphatic carbocycles. The fraction of sp³-hybridized carbons (Fsp3) is 0.143. The van der Waals surface area contributed by atoms with Gasteiger partial charge in [0.2, 0.25) is 0 Å². The second kappa shape index (κ2) is 4.90. The average Bonchev–Trinajstić information content (AvgIpc) is 2.27. The van der Waals surface area contributed by atoms with Crippen molar-refractivity contribution in [3.63, 3.8) is 0 Å². The molecule has 2 rings (SSSR count). The maximum Gasteiger partial charge on any atom is 0.0438 e. The molecule has 82 valence electrons. The van der Waals surface area contributed by atoms with Crippen molar-refractivity contribution in [1.82, 2.24) is 0 Å². The highest BCUT2D eigenvalue weighted by molar-refractivity contribution is 6.31. The van der Waals surface area contributed by atoms with Gasteiger partial charge in [0.15, 0.2) is 0 Å². The fourth-order valence-electron chi connectivity index (χ4n) is 1.58. The molecule has 0 amide bonds. The van der Waals surface area contributed by atoms with Gasteiger partial charge in [-0.25, -0.2) is 0 Å². The molecule has 2 aromatic rings. The van der Waals surface area contributed by atoms with Crippen molar-refractivity contribution in [3.8, 4) is 0 Å². The van der Waals surface area contributed by atoms with Gasteiger partial charge in [0.1, 0.15) is 0 Å². The molecule has 0 bridgehead atoms. The van der Waals surface area contributed by atoms with E-state index in [1.807, 2.05) is 43.3 Å². The van der Waals surface area contributed by atoms with E-state index < -0.39 is 0 Å². The van der Waals surface area contributed by atoms with E-state index in [1.165, 1.54) is 11.1 Å². The van der Waals surface area contributed by atoms with E-state index in [9.17, 15) is 0 Å². The molecule has 0 unspecified atom stereocenters. The van der Waals surface area contributed by atoms with Crippen LogP contribution >= 0.6 is 23.2 Å². The minimum Gasteiger partial charge on any atom is -0.0843 e. The van der Waals surface area contributed by atoms with Gasteiger partial charge in [0.05, 0.1) is 0 Å². The highest BCUT2D eigenvalue weighted by atomic mass is 35.5. The van der Waals surface area contributed by atoms with Crippen LogP contribution in [0.25, 0.3) is 0 Å². The molecular formula is C14H12Cl2. The van der Waals surface area contributed by atoms with Gasteiger partial charge in [0, 0.05) is 10.0 Å². The van der Waals surface area contributed by atoms with Crippen LogP contribution < -0.4 is 0 Å². The molecule has 0 atom stereocenters. The van der Waals surface area contributed by atoms with E-state index in [2.05, 4.69) is 6.07 Å². The summed E-state index contributed by atoms with van der Waals surface area (Å²) in [4.78, 5) is 0. The lowest BCUT2D eigenvalue weighted by molar-refractivity contribution is 1.19. The van der Waals surface area contributed by atoms with Gasteiger partial charge in [-0.1, -0.05) is 47.5 Å². The molecule has 16 heavy (non-hydrogen) atoms. The largest absolute Gasteiger partial charge is 0.0843 e. The van der Waals surface area contributed by atoms with Crippen molar-refractivity contribution in [3.05, 3.63) is 69.2 Å². The van der Waals surface area contributed by atoms with Crippen molar-refractivity contribution in [1.29, 1.82) is 0 Å². The Balaban J connectivity index is 2.20. The van der Waals surface area contributed by atoms with Crippen LogP contribution in [0.4, 0.5) is 0 Å². The fourth-order valence-corrected chi connectivity index (χ4v) is 1.91. The van der Waals surface area contributed by atoms with Crippen LogP contribution in [0, 0.1) is 6.92 Å². The van der Waals surface area contributed by atoms with Gasteiger partial charge >= 0.3 is 0 Å². The minimum atomic E-state index is 0.769. The molecule has 0 spiro atoms. The first-order chi connectivity index (χ1) is 7.65. The zero-order chi connectivity index (χ0) is 11.5.